The zero-order chi connectivity index (χ0) is 11.8. The van der Waals surface area contributed by atoms with Gasteiger partial charge < -0.3 is 14.4 Å². The van der Waals surface area contributed by atoms with Crippen LogP contribution in [0, 0.1) is 5.92 Å². The fraction of sp³-hybridized carbons (Fsp3) is 0.615. The van der Waals surface area contributed by atoms with Crippen LogP contribution in [-0.4, -0.2) is 23.7 Å². The Balaban J connectivity index is 1.84. The highest BCUT2D eigenvalue weighted by Crippen LogP contribution is 2.39. The summed E-state index contributed by atoms with van der Waals surface area (Å²) in [6.07, 6.45) is 6.32. The van der Waals surface area contributed by atoms with E-state index in [4.69, 9.17) is 9.52 Å². The molecule has 3 rings (SSSR count). The van der Waals surface area contributed by atoms with Gasteiger partial charge in [0.1, 0.15) is 0 Å². The van der Waals surface area contributed by atoms with Gasteiger partial charge in [-0.15, -0.1) is 0 Å². The van der Waals surface area contributed by atoms with Gasteiger partial charge in [-0.25, -0.2) is 4.79 Å². The van der Waals surface area contributed by atoms with Gasteiger partial charge in [0.2, 0.25) is 5.76 Å². The molecule has 2 atom stereocenters. The third kappa shape index (κ3) is 1.81. The number of hydrogen-bond acceptors (Lipinski definition) is 3. The molecule has 0 bridgehead atoms. The Morgan fingerprint density at radius 1 is 1.29 bits per heavy atom. The van der Waals surface area contributed by atoms with Crippen LogP contribution in [0.4, 0.5) is 5.88 Å². The monoisotopic (exact) mass is 235 g/mol. The number of hydrogen-bond donors (Lipinski definition) is 1. The molecule has 2 aliphatic rings. The maximum atomic E-state index is 10.8. The SMILES string of the molecule is O=C(O)c1ccc(N2CCCC3CCCC32)o1. The lowest BCUT2D eigenvalue weighted by molar-refractivity contribution is 0.0662. The van der Waals surface area contributed by atoms with Crippen LogP contribution in [0.3, 0.4) is 0 Å². The topological polar surface area (TPSA) is 53.7 Å². The summed E-state index contributed by atoms with van der Waals surface area (Å²) >= 11 is 0. The number of aromatic carboxylic acids is 1. The maximum absolute atomic E-state index is 10.8. The van der Waals surface area contributed by atoms with Gasteiger partial charge in [0, 0.05) is 18.7 Å². The third-order valence-electron chi connectivity index (χ3n) is 4.08. The summed E-state index contributed by atoms with van der Waals surface area (Å²) in [4.78, 5) is 13.1. The highest BCUT2D eigenvalue weighted by Gasteiger charge is 2.36. The first-order valence-corrected chi connectivity index (χ1v) is 6.35. The van der Waals surface area contributed by atoms with Gasteiger partial charge >= 0.3 is 5.97 Å². The number of anilines is 1. The zero-order valence-electron chi connectivity index (χ0n) is 9.76. The molecular weight excluding hydrogens is 218 g/mol. The van der Waals surface area contributed by atoms with E-state index in [1.54, 1.807) is 12.1 Å². The molecule has 1 saturated heterocycles. The highest BCUT2D eigenvalue weighted by atomic mass is 16.4. The molecule has 2 heterocycles. The molecule has 2 fully saturated rings. The second-order valence-corrected chi connectivity index (χ2v) is 5.04. The molecule has 1 aliphatic heterocycles. The number of nitrogens with zero attached hydrogens (tertiary/aromatic N) is 1. The molecule has 17 heavy (non-hydrogen) atoms. The van der Waals surface area contributed by atoms with Crippen LogP contribution in [0.5, 0.6) is 0 Å². The number of furan rings is 1. The predicted molar refractivity (Wildman–Crippen MR) is 63.4 cm³/mol. The van der Waals surface area contributed by atoms with Gasteiger partial charge in [-0.1, -0.05) is 6.42 Å². The summed E-state index contributed by atoms with van der Waals surface area (Å²) in [5, 5.41) is 8.87. The number of rotatable bonds is 2. The number of carboxylic acids is 1. The molecule has 0 aromatic carbocycles. The molecule has 4 nitrogen and oxygen atoms in total. The van der Waals surface area contributed by atoms with Crippen molar-refractivity contribution in [1.29, 1.82) is 0 Å². The van der Waals surface area contributed by atoms with E-state index in [0.717, 1.165) is 18.3 Å². The van der Waals surface area contributed by atoms with Gasteiger partial charge in [0.25, 0.3) is 0 Å². The van der Waals surface area contributed by atoms with Crippen LogP contribution < -0.4 is 4.90 Å². The van der Waals surface area contributed by atoms with E-state index >= 15 is 0 Å². The van der Waals surface area contributed by atoms with Gasteiger partial charge in [-0.2, -0.15) is 0 Å². The van der Waals surface area contributed by atoms with E-state index in [9.17, 15) is 4.79 Å². The molecule has 0 spiro atoms. The number of carbonyl (C=O) groups is 1. The summed E-state index contributed by atoms with van der Waals surface area (Å²) in [6.45, 7) is 0.994. The Kier molecular flexibility index (Phi) is 2.57. The van der Waals surface area contributed by atoms with Crippen molar-refractivity contribution in [3.63, 3.8) is 0 Å². The molecular formula is C13H17NO3. The van der Waals surface area contributed by atoms with Gasteiger partial charge in [-0.3, -0.25) is 0 Å². The molecule has 1 aromatic rings. The van der Waals surface area contributed by atoms with Crippen LogP contribution in [0.2, 0.25) is 0 Å². The highest BCUT2D eigenvalue weighted by molar-refractivity contribution is 5.84. The smallest absolute Gasteiger partial charge is 0.371 e. The molecule has 4 heteroatoms. The Bertz CT molecular complexity index is 426. The van der Waals surface area contributed by atoms with Gasteiger partial charge in [-0.05, 0) is 37.7 Å². The first-order valence-electron chi connectivity index (χ1n) is 6.35. The van der Waals surface area contributed by atoms with E-state index in [-0.39, 0.29) is 5.76 Å². The van der Waals surface area contributed by atoms with Crippen molar-refractivity contribution in [3.05, 3.63) is 17.9 Å². The molecule has 0 amide bonds. The molecule has 0 radical (unpaired) electrons. The fourth-order valence-corrected chi connectivity index (χ4v) is 3.32. The Labute approximate surface area is 100 Å². The normalized spacial score (nSPS) is 28.1. The van der Waals surface area contributed by atoms with Gasteiger partial charge in [0.15, 0.2) is 5.88 Å². The van der Waals surface area contributed by atoms with Gasteiger partial charge in [0.05, 0.1) is 0 Å². The number of fused-ring (bicyclic) bond motifs is 1. The average Bonchev–Trinajstić information content (AvgIpc) is 2.97. The van der Waals surface area contributed by atoms with Crippen LogP contribution in [0.25, 0.3) is 0 Å². The molecule has 1 N–H and O–H groups in total. The number of carboxylic acid groups (broad SMARTS) is 1. The van der Waals surface area contributed by atoms with Crippen molar-refractivity contribution in [2.24, 2.45) is 5.92 Å². The first kappa shape index (κ1) is 10.7. The van der Waals surface area contributed by atoms with Crippen LogP contribution in [0.15, 0.2) is 16.5 Å². The van der Waals surface area contributed by atoms with Crippen molar-refractivity contribution in [2.75, 3.05) is 11.4 Å². The molecule has 1 aliphatic carbocycles. The summed E-state index contributed by atoms with van der Waals surface area (Å²) < 4.78 is 5.42. The maximum Gasteiger partial charge on any atom is 0.371 e. The summed E-state index contributed by atoms with van der Waals surface area (Å²) in [6, 6.07) is 3.91. The quantitative estimate of drug-likeness (QED) is 0.856. The lowest BCUT2D eigenvalue weighted by Gasteiger charge is -2.37. The van der Waals surface area contributed by atoms with Crippen molar-refractivity contribution >= 4 is 11.9 Å². The zero-order valence-corrected chi connectivity index (χ0v) is 9.76. The van der Waals surface area contributed by atoms with E-state index in [0.29, 0.717) is 6.04 Å². The third-order valence-corrected chi connectivity index (χ3v) is 4.08. The lowest BCUT2D eigenvalue weighted by atomic mass is 9.92. The van der Waals surface area contributed by atoms with E-state index in [1.165, 1.54) is 32.1 Å². The molecule has 92 valence electrons. The first-order chi connectivity index (χ1) is 8.25. The van der Waals surface area contributed by atoms with Crippen LogP contribution in [-0.2, 0) is 0 Å². The van der Waals surface area contributed by atoms with Crippen LogP contribution in [0.1, 0.15) is 42.7 Å². The Morgan fingerprint density at radius 3 is 2.88 bits per heavy atom. The summed E-state index contributed by atoms with van der Waals surface area (Å²) in [5.74, 6) is 0.567. The minimum Gasteiger partial charge on any atom is -0.475 e. The second-order valence-electron chi connectivity index (χ2n) is 5.04. The fourth-order valence-electron chi connectivity index (χ4n) is 3.32. The lowest BCUT2D eigenvalue weighted by Crippen LogP contribution is -2.42. The second kappa shape index (κ2) is 4.09. The van der Waals surface area contributed by atoms with Crippen molar-refractivity contribution < 1.29 is 14.3 Å². The van der Waals surface area contributed by atoms with Crippen LogP contribution >= 0.6 is 0 Å². The molecule has 1 aromatic heterocycles. The Morgan fingerprint density at radius 2 is 2.12 bits per heavy atom. The predicted octanol–water partition coefficient (Wildman–Crippen LogP) is 2.75. The Hall–Kier alpha value is -1.45. The number of piperidine rings is 1. The van der Waals surface area contributed by atoms with Crippen molar-refractivity contribution in [3.8, 4) is 0 Å². The summed E-state index contributed by atoms with van der Waals surface area (Å²) in [5.41, 5.74) is 0. The van der Waals surface area contributed by atoms with E-state index in [1.807, 2.05) is 0 Å². The summed E-state index contributed by atoms with van der Waals surface area (Å²) in [7, 11) is 0. The minimum absolute atomic E-state index is 0.0418. The van der Waals surface area contributed by atoms with E-state index in [2.05, 4.69) is 4.90 Å². The average molecular weight is 235 g/mol. The van der Waals surface area contributed by atoms with E-state index < -0.39 is 5.97 Å². The standard InChI is InChI=1S/C13H17NO3/c15-13(16)11-6-7-12(17-11)14-8-2-4-9-3-1-5-10(9)14/h6-7,9-10H,1-5,8H2,(H,15,16). The molecule has 2 unspecified atom stereocenters. The largest absolute Gasteiger partial charge is 0.475 e. The molecule has 1 saturated carbocycles. The minimum atomic E-state index is -0.990. The van der Waals surface area contributed by atoms with Crippen molar-refractivity contribution in [1.82, 2.24) is 0 Å². The van der Waals surface area contributed by atoms with Crippen molar-refractivity contribution in [2.45, 2.75) is 38.1 Å².